The molecule has 1 aromatic carbocycles. The number of hydrogen-bond donors (Lipinski definition) is 1. The molecule has 0 aliphatic rings. The molecule has 0 aliphatic carbocycles. The molecule has 2 N–H and O–H groups in total. The lowest BCUT2D eigenvalue weighted by atomic mass is 10.1. The maximum Gasteiger partial charge on any atom is 0.250 e. The lowest BCUT2D eigenvalue weighted by Crippen LogP contribution is -2.06. The number of aromatic nitrogens is 1. The molecular formula is C15H17FN2O. The smallest absolute Gasteiger partial charge is 0.250 e. The topological polar surface area (TPSA) is 48.1 Å². The van der Waals surface area contributed by atoms with Crippen LogP contribution in [0.2, 0.25) is 0 Å². The summed E-state index contributed by atoms with van der Waals surface area (Å²) in [6, 6.07) is 11.7. The minimum Gasteiger partial charge on any atom is -0.476 e. The third kappa shape index (κ3) is 3.76. The van der Waals surface area contributed by atoms with Crippen LogP contribution in [0.3, 0.4) is 0 Å². The van der Waals surface area contributed by atoms with Gasteiger partial charge >= 0.3 is 0 Å². The van der Waals surface area contributed by atoms with Crippen molar-refractivity contribution >= 4 is 0 Å². The van der Waals surface area contributed by atoms with Gasteiger partial charge in [0.25, 0.3) is 5.88 Å². The van der Waals surface area contributed by atoms with Gasteiger partial charge in [-0.3, -0.25) is 0 Å². The normalized spacial score (nSPS) is 10.4. The van der Waals surface area contributed by atoms with Crippen molar-refractivity contribution in [3.8, 4) is 5.88 Å². The van der Waals surface area contributed by atoms with Gasteiger partial charge in [-0.25, -0.2) is 9.37 Å². The molecule has 2 rings (SSSR count). The Morgan fingerprint density at radius 2 is 1.95 bits per heavy atom. The summed E-state index contributed by atoms with van der Waals surface area (Å²) in [7, 11) is 0. The van der Waals surface area contributed by atoms with Crippen molar-refractivity contribution in [2.24, 2.45) is 5.73 Å². The molecule has 3 nitrogen and oxygen atoms in total. The molecule has 4 heteroatoms. The third-order valence-corrected chi connectivity index (χ3v) is 2.85. The average Bonchev–Trinajstić information content (AvgIpc) is 2.46. The maximum atomic E-state index is 13.8. The number of benzene rings is 1. The molecule has 0 fully saturated rings. The standard InChI is InChI=1S/C15H17FN2O/c16-14-13(11-17)8-9-18-15(14)19-10-4-7-12-5-2-1-3-6-12/h1-3,5-6,8-9H,4,7,10-11,17H2. The molecule has 19 heavy (non-hydrogen) atoms. The lowest BCUT2D eigenvalue weighted by Gasteiger charge is -2.08. The Morgan fingerprint density at radius 1 is 1.16 bits per heavy atom. The number of pyridine rings is 1. The van der Waals surface area contributed by atoms with Gasteiger partial charge in [0.2, 0.25) is 0 Å². The number of nitrogens with two attached hydrogens (primary N) is 1. The third-order valence-electron chi connectivity index (χ3n) is 2.85. The van der Waals surface area contributed by atoms with Crippen LogP contribution in [0.4, 0.5) is 4.39 Å². The fourth-order valence-electron chi connectivity index (χ4n) is 1.81. The minimum atomic E-state index is -0.454. The summed E-state index contributed by atoms with van der Waals surface area (Å²) in [5.41, 5.74) is 7.10. The lowest BCUT2D eigenvalue weighted by molar-refractivity contribution is 0.282. The monoisotopic (exact) mass is 260 g/mol. The van der Waals surface area contributed by atoms with Crippen molar-refractivity contribution < 1.29 is 9.13 Å². The van der Waals surface area contributed by atoms with Crippen LogP contribution in [0.5, 0.6) is 5.88 Å². The van der Waals surface area contributed by atoms with E-state index in [4.69, 9.17) is 10.5 Å². The van der Waals surface area contributed by atoms with Crippen LogP contribution in [0.1, 0.15) is 17.5 Å². The van der Waals surface area contributed by atoms with Gasteiger partial charge in [-0.05, 0) is 24.5 Å². The Hall–Kier alpha value is -1.94. The van der Waals surface area contributed by atoms with E-state index in [2.05, 4.69) is 17.1 Å². The number of aryl methyl sites for hydroxylation is 1. The molecule has 0 saturated carbocycles. The van der Waals surface area contributed by atoms with Crippen molar-refractivity contribution in [1.82, 2.24) is 4.98 Å². The first kappa shape index (κ1) is 13.5. The van der Waals surface area contributed by atoms with E-state index in [1.807, 2.05) is 18.2 Å². The number of hydrogen-bond acceptors (Lipinski definition) is 3. The molecule has 0 bridgehead atoms. The van der Waals surface area contributed by atoms with Crippen molar-refractivity contribution in [3.63, 3.8) is 0 Å². The molecule has 0 atom stereocenters. The van der Waals surface area contributed by atoms with Crippen molar-refractivity contribution in [2.45, 2.75) is 19.4 Å². The Labute approximate surface area is 112 Å². The van der Waals surface area contributed by atoms with Crippen LogP contribution in [0, 0.1) is 5.82 Å². The predicted molar refractivity (Wildman–Crippen MR) is 72.3 cm³/mol. The van der Waals surface area contributed by atoms with Gasteiger partial charge in [-0.15, -0.1) is 0 Å². The Balaban J connectivity index is 1.83. The zero-order chi connectivity index (χ0) is 13.5. The summed E-state index contributed by atoms with van der Waals surface area (Å²) in [6.45, 7) is 0.585. The highest BCUT2D eigenvalue weighted by molar-refractivity contribution is 5.23. The molecule has 2 aromatic rings. The second-order valence-corrected chi connectivity index (χ2v) is 4.23. The second-order valence-electron chi connectivity index (χ2n) is 4.23. The molecule has 1 heterocycles. The zero-order valence-electron chi connectivity index (χ0n) is 10.7. The Morgan fingerprint density at radius 3 is 2.68 bits per heavy atom. The molecule has 0 unspecified atom stereocenters. The highest BCUT2D eigenvalue weighted by Gasteiger charge is 2.09. The fourth-order valence-corrected chi connectivity index (χ4v) is 1.81. The Kier molecular flexibility index (Phi) is 4.86. The predicted octanol–water partition coefficient (Wildman–Crippen LogP) is 2.69. The molecule has 0 saturated heterocycles. The molecule has 0 spiro atoms. The number of rotatable bonds is 6. The first-order chi connectivity index (χ1) is 9.31. The number of nitrogens with zero attached hydrogens (tertiary/aromatic N) is 1. The van der Waals surface area contributed by atoms with E-state index in [0.717, 1.165) is 12.8 Å². The summed E-state index contributed by atoms with van der Waals surface area (Å²) in [5, 5.41) is 0. The van der Waals surface area contributed by atoms with Crippen molar-refractivity contribution in [1.29, 1.82) is 0 Å². The molecule has 1 aromatic heterocycles. The summed E-state index contributed by atoms with van der Waals surface area (Å²) >= 11 is 0. The maximum absolute atomic E-state index is 13.8. The van der Waals surface area contributed by atoms with E-state index in [1.165, 1.54) is 11.8 Å². The molecule has 0 amide bonds. The average molecular weight is 260 g/mol. The van der Waals surface area contributed by atoms with Crippen molar-refractivity contribution in [3.05, 3.63) is 59.5 Å². The molecular weight excluding hydrogens is 243 g/mol. The molecule has 0 aliphatic heterocycles. The summed E-state index contributed by atoms with van der Waals surface area (Å²) in [5.74, 6) is -0.416. The van der Waals surface area contributed by atoms with Gasteiger partial charge in [0.1, 0.15) is 0 Å². The quantitative estimate of drug-likeness (QED) is 0.812. The van der Waals surface area contributed by atoms with E-state index in [1.54, 1.807) is 6.07 Å². The van der Waals surface area contributed by atoms with Crippen LogP contribution in [-0.4, -0.2) is 11.6 Å². The summed E-state index contributed by atoms with van der Waals surface area (Å²) < 4.78 is 19.1. The van der Waals surface area contributed by atoms with Crippen LogP contribution >= 0.6 is 0 Å². The van der Waals surface area contributed by atoms with Crippen LogP contribution < -0.4 is 10.5 Å². The van der Waals surface area contributed by atoms with Gasteiger partial charge in [0.05, 0.1) is 6.61 Å². The molecule has 0 radical (unpaired) electrons. The number of halogens is 1. The summed E-state index contributed by atoms with van der Waals surface area (Å²) in [6.07, 6.45) is 3.23. The van der Waals surface area contributed by atoms with Gasteiger partial charge in [-0.1, -0.05) is 30.3 Å². The van der Waals surface area contributed by atoms with Crippen LogP contribution in [0.25, 0.3) is 0 Å². The van der Waals surface area contributed by atoms with Crippen molar-refractivity contribution in [2.75, 3.05) is 6.61 Å². The Bertz CT molecular complexity index is 517. The minimum absolute atomic E-state index is 0.0380. The molecule has 100 valence electrons. The highest BCUT2D eigenvalue weighted by atomic mass is 19.1. The SMILES string of the molecule is NCc1ccnc(OCCCc2ccccc2)c1F. The van der Waals surface area contributed by atoms with E-state index in [9.17, 15) is 4.39 Å². The van der Waals surface area contributed by atoms with E-state index in [0.29, 0.717) is 12.2 Å². The van der Waals surface area contributed by atoms with E-state index in [-0.39, 0.29) is 12.4 Å². The van der Waals surface area contributed by atoms with Gasteiger partial charge < -0.3 is 10.5 Å². The van der Waals surface area contributed by atoms with Gasteiger partial charge in [-0.2, -0.15) is 0 Å². The van der Waals surface area contributed by atoms with Gasteiger partial charge in [0.15, 0.2) is 5.82 Å². The van der Waals surface area contributed by atoms with Gasteiger partial charge in [0, 0.05) is 18.3 Å². The van der Waals surface area contributed by atoms with E-state index >= 15 is 0 Å². The van der Waals surface area contributed by atoms with Crippen LogP contribution in [0.15, 0.2) is 42.6 Å². The first-order valence-corrected chi connectivity index (χ1v) is 6.31. The highest BCUT2D eigenvalue weighted by Crippen LogP contribution is 2.17. The van der Waals surface area contributed by atoms with E-state index < -0.39 is 5.82 Å². The summed E-state index contributed by atoms with van der Waals surface area (Å²) in [4.78, 5) is 3.88. The largest absolute Gasteiger partial charge is 0.476 e. The fraction of sp³-hybridized carbons (Fsp3) is 0.267. The second kappa shape index (κ2) is 6.85. The number of ether oxygens (including phenoxy) is 1. The first-order valence-electron chi connectivity index (χ1n) is 6.31. The van der Waals surface area contributed by atoms with Crippen LogP contribution in [-0.2, 0) is 13.0 Å². The zero-order valence-corrected chi connectivity index (χ0v) is 10.7.